The van der Waals surface area contributed by atoms with E-state index in [4.69, 9.17) is 0 Å². The minimum atomic E-state index is -0.954. The lowest BCUT2D eigenvalue weighted by Crippen LogP contribution is -2.49. The molecule has 0 aliphatic carbocycles. The summed E-state index contributed by atoms with van der Waals surface area (Å²) in [5, 5.41) is 13.1. The van der Waals surface area contributed by atoms with Crippen LogP contribution in [0.2, 0.25) is 0 Å². The van der Waals surface area contributed by atoms with E-state index in [2.05, 4.69) is 5.10 Å². The summed E-state index contributed by atoms with van der Waals surface area (Å²) < 4.78 is 1.67. The Morgan fingerprint density at radius 1 is 1.60 bits per heavy atom. The molecule has 1 aromatic heterocycles. The van der Waals surface area contributed by atoms with E-state index in [-0.39, 0.29) is 11.4 Å². The number of aromatic nitrogens is 2. The summed E-state index contributed by atoms with van der Waals surface area (Å²) >= 11 is 1.48. The van der Waals surface area contributed by atoms with Gasteiger partial charge in [-0.2, -0.15) is 5.10 Å². The molecule has 2 rings (SSSR count). The first kappa shape index (κ1) is 14.7. The molecule has 2 atom stereocenters. The highest BCUT2D eigenvalue weighted by atomic mass is 32.2. The van der Waals surface area contributed by atoms with E-state index in [1.54, 1.807) is 17.9 Å². The lowest BCUT2D eigenvalue weighted by molar-refractivity contribution is -0.141. The zero-order valence-electron chi connectivity index (χ0n) is 11.7. The van der Waals surface area contributed by atoms with Crippen molar-refractivity contribution in [2.45, 2.75) is 24.9 Å². The van der Waals surface area contributed by atoms with Crippen LogP contribution in [0.4, 0.5) is 4.79 Å². The number of hydrogen-bond acceptors (Lipinski definition) is 4. The van der Waals surface area contributed by atoms with Gasteiger partial charge in [-0.05, 0) is 6.92 Å². The summed E-state index contributed by atoms with van der Waals surface area (Å²) in [6, 6.07) is -1.02. The van der Waals surface area contributed by atoms with E-state index >= 15 is 0 Å². The van der Waals surface area contributed by atoms with Gasteiger partial charge < -0.3 is 10.0 Å². The zero-order chi connectivity index (χ0) is 14.9. The van der Waals surface area contributed by atoms with Gasteiger partial charge in [0.2, 0.25) is 0 Å². The van der Waals surface area contributed by atoms with Gasteiger partial charge in [-0.1, -0.05) is 0 Å². The number of hydrogen-bond donors (Lipinski definition) is 1. The fourth-order valence-corrected chi connectivity index (χ4v) is 3.38. The van der Waals surface area contributed by atoms with Gasteiger partial charge in [-0.3, -0.25) is 9.58 Å². The van der Waals surface area contributed by atoms with Crippen molar-refractivity contribution in [3.05, 3.63) is 18.0 Å². The van der Waals surface area contributed by atoms with Crippen LogP contribution in [0, 0.1) is 0 Å². The zero-order valence-corrected chi connectivity index (χ0v) is 12.5. The third kappa shape index (κ3) is 2.90. The minimum Gasteiger partial charge on any atom is -0.480 e. The second-order valence-electron chi connectivity index (χ2n) is 4.85. The quantitative estimate of drug-likeness (QED) is 0.894. The van der Waals surface area contributed by atoms with Crippen LogP contribution >= 0.6 is 11.8 Å². The highest BCUT2D eigenvalue weighted by molar-refractivity contribution is 8.00. The van der Waals surface area contributed by atoms with Crippen molar-refractivity contribution in [2.24, 2.45) is 7.05 Å². The van der Waals surface area contributed by atoms with Crippen molar-refractivity contribution >= 4 is 23.8 Å². The van der Waals surface area contributed by atoms with E-state index < -0.39 is 12.0 Å². The number of aliphatic carboxylic acids is 1. The molecule has 8 heteroatoms. The number of thioether (sulfide) groups is 1. The molecule has 1 aliphatic heterocycles. The first-order chi connectivity index (χ1) is 9.40. The van der Waals surface area contributed by atoms with Crippen LogP contribution in [0.5, 0.6) is 0 Å². The Morgan fingerprint density at radius 2 is 2.30 bits per heavy atom. The molecule has 110 valence electrons. The fraction of sp³-hybridized carbons (Fsp3) is 0.583. The summed E-state index contributed by atoms with van der Waals surface area (Å²) in [5.74, 6) is -0.520. The summed E-state index contributed by atoms with van der Waals surface area (Å²) in [5.41, 5.74) is 0.912. The Labute approximate surface area is 121 Å². The third-order valence-corrected chi connectivity index (χ3v) is 4.45. The van der Waals surface area contributed by atoms with E-state index in [1.165, 1.54) is 21.6 Å². The van der Waals surface area contributed by atoms with Crippen molar-refractivity contribution < 1.29 is 14.7 Å². The number of urea groups is 1. The summed E-state index contributed by atoms with van der Waals surface area (Å²) in [6.45, 7) is 2.26. The number of rotatable bonds is 3. The Bertz CT molecular complexity index is 519. The number of carbonyl (C=O) groups excluding carboxylic acids is 1. The van der Waals surface area contributed by atoms with E-state index in [9.17, 15) is 14.7 Å². The largest absolute Gasteiger partial charge is 0.480 e. The lowest BCUT2D eigenvalue weighted by Gasteiger charge is -2.29. The molecule has 20 heavy (non-hydrogen) atoms. The molecule has 2 amide bonds. The molecule has 1 N–H and O–H groups in total. The van der Waals surface area contributed by atoms with Gasteiger partial charge in [0.15, 0.2) is 0 Å². The Balaban J connectivity index is 2.07. The molecule has 0 aromatic carbocycles. The average molecular weight is 298 g/mol. The average Bonchev–Trinajstić information content (AvgIpc) is 2.94. The van der Waals surface area contributed by atoms with Gasteiger partial charge in [-0.25, -0.2) is 9.59 Å². The first-order valence-corrected chi connectivity index (χ1v) is 7.30. The first-order valence-electron chi connectivity index (χ1n) is 6.25. The van der Waals surface area contributed by atoms with E-state index in [0.29, 0.717) is 12.3 Å². The Kier molecular flexibility index (Phi) is 4.22. The molecule has 1 saturated heterocycles. The normalized spacial score (nSPS) is 22.1. The van der Waals surface area contributed by atoms with Crippen LogP contribution in [-0.2, 0) is 18.4 Å². The molecule has 0 saturated carbocycles. The Hall–Kier alpha value is -1.70. The van der Waals surface area contributed by atoms with Crippen LogP contribution in [-0.4, -0.2) is 60.9 Å². The highest BCUT2D eigenvalue weighted by Gasteiger charge is 2.40. The van der Waals surface area contributed by atoms with Gasteiger partial charge in [-0.15, -0.1) is 11.8 Å². The number of aryl methyl sites for hydroxylation is 1. The standard InChI is InChI=1S/C12H18N4O3S/c1-8-16(10(7-20-8)11(17)18)12(19)14(2)5-9-4-13-15(3)6-9/h4,6,8,10H,5,7H2,1-3H3,(H,17,18). The molecule has 1 aromatic rings. The number of amides is 2. The second-order valence-corrected chi connectivity index (χ2v) is 6.20. The monoisotopic (exact) mass is 298 g/mol. The fourth-order valence-electron chi connectivity index (χ4n) is 2.22. The summed E-state index contributed by atoms with van der Waals surface area (Å²) in [6.07, 6.45) is 3.53. The van der Waals surface area contributed by atoms with Gasteiger partial charge in [0, 0.05) is 31.6 Å². The maximum Gasteiger partial charge on any atom is 0.327 e. The minimum absolute atomic E-state index is 0.125. The van der Waals surface area contributed by atoms with E-state index in [0.717, 1.165) is 5.56 Å². The Morgan fingerprint density at radius 3 is 2.85 bits per heavy atom. The van der Waals surface area contributed by atoms with Crippen molar-refractivity contribution in [3.63, 3.8) is 0 Å². The SMILES string of the molecule is CC1SCC(C(=O)O)N1C(=O)N(C)Cc1cnn(C)c1. The molecular weight excluding hydrogens is 280 g/mol. The van der Waals surface area contributed by atoms with Gasteiger partial charge in [0.1, 0.15) is 6.04 Å². The molecule has 0 radical (unpaired) electrons. The number of carboxylic acids is 1. The molecule has 7 nitrogen and oxygen atoms in total. The molecule has 1 aliphatic rings. The summed E-state index contributed by atoms with van der Waals surface area (Å²) in [4.78, 5) is 26.6. The smallest absolute Gasteiger partial charge is 0.327 e. The van der Waals surface area contributed by atoms with Crippen molar-refractivity contribution in [3.8, 4) is 0 Å². The lowest BCUT2D eigenvalue weighted by atomic mass is 10.3. The third-order valence-electron chi connectivity index (χ3n) is 3.23. The van der Waals surface area contributed by atoms with Crippen LogP contribution in [0.25, 0.3) is 0 Å². The van der Waals surface area contributed by atoms with Crippen molar-refractivity contribution in [2.75, 3.05) is 12.8 Å². The van der Waals surface area contributed by atoms with Crippen LogP contribution in [0.3, 0.4) is 0 Å². The molecular formula is C12H18N4O3S. The van der Waals surface area contributed by atoms with Gasteiger partial charge >= 0.3 is 12.0 Å². The molecule has 2 unspecified atom stereocenters. The predicted octanol–water partition coefficient (Wildman–Crippen LogP) is 0.820. The maximum atomic E-state index is 12.4. The van der Waals surface area contributed by atoms with Crippen LogP contribution < -0.4 is 0 Å². The summed E-state index contributed by atoms with van der Waals surface area (Å²) in [7, 11) is 3.48. The number of carbonyl (C=O) groups is 2. The number of nitrogens with zero attached hydrogens (tertiary/aromatic N) is 4. The van der Waals surface area contributed by atoms with Crippen molar-refractivity contribution in [1.82, 2.24) is 19.6 Å². The second kappa shape index (κ2) is 5.74. The van der Waals surface area contributed by atoms with Gasteiger partial charge in [0.25, 0.3) is 0 Å². The highest BCUT2D eigenvalue weighted by Crippen LogP contribution is 2.29. The van der Waals surface area contributed by atoms with Crippen LogP contribution in [0.15, 0.2) is 12.4 Å². The van der Waals surface area contributed by atoms with Gasteiger partial charge in [0.05, 0.1) is 18.1 Å². The molecule has 0 bridgehead atoms. The maximum absolute atomic E-state index is 12.4. The van der Waals surface area contributed by atoms with Crippen LogP contribution in [0.1, 0.15) is 12.5 Å². The van der Waals surface area contributed by atoms with E-state index in [1.807, 2.05) is 20.2 Å². The van der Waals surface area contributed by atoms with Crippen molar-refractivity contribution in [1.29, 1.82) is 0 Å². The molecule has 0 spiro atoms. The predicted molar refractivity (Wildman–Crippen MR) is 75.3 cm³/mol. The number of carboxylic acid groups (broad SMARTS) is 1. The topological polar surface area (TPSA) is 78.7 Å². The molecule has 1 fully saturated rings. The molecule has 2 heterocycles.